The van der Waals surface area contributed by atoms with E-state index in [1.807, 2.05) is 64.1 Å². The van der Waals surface area contributed by atoms with E-state index in [1.165, 1.54) is 25.6 Å². The van der Waals surface area contributed by atoms with Crippen LogP contribution in [0.1, 0.15) is 87.6 Å². The van der Waals surface area contributed by atoms with Crippen molar-refractivity contribution in [1.29, 1.82) is 0 Å². The van der Waals surface area contributed by atoms with Crippen molar-refractivity contribution >= 4 is 35.3 Å². The lowest BCUT2D eigenvalue weighted by Gasteiger charge is -2.30. The van der Waals surface area contributed by atoms with Crippen molar-refractivity contribution in [3.8, 4) is 45.5 Å². The molecule has 4 amide bonds. The summed E-state index contributed by atoms with van der Waals surface area (Å²) in [4.78, 5) is 72.3. The Balaban J connectivity index is 1.06. The first-order valence-electron chi connectivity index (χ1n) is 19.1. The van der Waals surface area contributed by atoms with Crippen LogP contribution in [0.4, 0.5) is 9.59 Å². The molecule has 0 aliphatic carbocycles. The number of carbonyl (C=O) groups is 4. The smallest absolute Gasteiger partial charge is 0.407 e. The first kappa shape index (κ1) is 40.6. The number of likely N-dealkylation sites (tertiary alicyclic amines) is 2. The number of alkyl carbamates (subject to hydrolysis) is 2. The van der Waals surface area contributed by atoms with Gasteiger partial charge in [-0.25, -0.2) is 19.6 Å². The lowest BCUT2D eigenvalue weighted by molar-refractivity contribution is -0.136. The first-order chi connectivity index (χ1) is 27.5. The summed E-state index contributed by atoms with van der Waals surface area (Å²) in [6.45, 7) is 8.74. The van der Waals surface area contributed by atoms with Crippen molar-refractivity contribution < 1.29 is 28.7 Å². The summed E-state index contributed by atoms with van der Waals surface area (Å²) in [6.07, 6.45) is 5.52. The molecule has 6 rings (SSSR count). The molecule has 57 heavy (non-hydrogen) atoms. The lowest BCUT2D eigenvalue weighted by atomic mass is 10.0. The van der Waals surface area contributed by atoms with Gasteiger partial charge in [0.25, 0.3) is 0 Å². The molecule has 0 spiro atoms. The topological polar surface area (TPSA) is 175 Å². The minimum Gasteiger partial charge on any atom is -0.453 e. The fraction of sp³-hybridized carbons (Fsp3) is 0.429. The molecule has 0 saturated carbocycles. The van der Waals surface area contributed by atoms with Gasteiger partial charge in [-0.3, -0.25) is 9.59 Å². The third-order valence-electron chi connectivity index (χ3n) is 10.2. The quantitative estimate of drug-likeness (QED) is 0.141. The molecule has 4 unspecified atom stereocenters. The fourth-order valence-corrected chi connectivity index (χ4v) is 7.97. The zero-order chi connectivity index (χ0) is 40.6. The van der Waals surface area contributed by atoms with Gasteiger partial charge < -0.3 is 39.9 Å². The minimum absolute atomic E-state index is 0.109. The van der Waals surface area contributed by atoms with Crippen molar-refractivity contribution in [2.24, 2.45) is 11.8 Å². The van der Waals surface area contributed by atoms with Crippen LogP contribution in [0.3, 0.4) is 0 Å². The molecule has 14 nitrogen and oxygen atoms in total. The number of nitrogens with zero attached hydrogens (tertiary/aromatic N) is 4. The van der Waals surface area contributed by atoms with Crippen molar-refractivity contribution in [3.63, 3.8) is 0 Å². The predicted octanol–water partition coefficient (Wildman–Crippen LogP) is 6.02. The average Bonchev–Trinajstić information content (AvgIpc) is 4.06. The number of benzene rings is 1. The minimum atomic E-state index is -0.692. The predicted molar refractivity (Wildman–Crippen MR) is 215 cm³/mol. The summed E-state index contributed by atoms with van der Waals surface area (Å²) in [6, 6.07) is 9.91. The highest BCUT2D eigenvalue weighted by atomic mass is 32.1. The van der Waals surface area contributed by atoms with E-state index < -0.39 is 24.3 Å². The van der Waals surface area contributed by atoms with E-state index in [0.29, 0.717) is 24.7 Å². The number of carbonyl (C=O) groups excluding carboxylic acids is 4. The van der Waals surface area contributed by atoms with Crippen LogP contribution in [0.5, 0.6) is 0 Å². The highest BCUT2D eigenvalue weighted by molar-refractivity contribution is 7.16. The van der Waals surface area contributed by atoms with Crippen molar-refractivity contribution in [2.75, 3.05) is 27.3 Å². The number of imidazole rings is 2. The van der Waals surface area contributed by atoms with Gasteiger partial charge in [0.05, 0.1) is 59.8 Å². The number of aromatic amines is 2. The summed E-state index contributed by atoms with van der Waals surface area (Å²) < 4.78 is 9.48. The van der Waals surface area contributed by atoms with Crippen LogP contribution in [-0.4, -0.2) is 93.1 Å². The second-order valence-electron chi connectivity index (χ2n) is 14.7. The number of rotatable bonds is 10. The van der Waals surface area contributed by atoms with Crippen LogP contribution in [0.2, 0.25) is 0 Å². The Labute approximate surface area is 336 Å². The monoisotopic (exact) mass is 792 g/mol. The summed E-state index contributed by atoms with van der Waals surface area (Å²) >= 11 is 1.52. The van der Waals surface area contributed by atoms with Crippen LogP contribution in [0.25, 0.3) is 21.8 Å². The third-order valence-corrected chi connectivity index (χ3v) is 11.2. The molecule has 0 bridgehead atoms. The molecule has 1 aromatic carbocycles. The molecule has 2 saturated heterocycles. The van der Waals surface area contributed by atoms with Gasteiger partial charge in [0.1, 0.15) is 23.7 Å². The molecule has 2 aliphatic heterocycles. The summed E-state index contributed by atoms with van der Waals surface area (Å²) in [5.41, 5.74) is 3.42. The molecule has 15 heteroatoms. The number of nitrogens with one attached hydrogen (secondary N) is 4. The lowest BCUT2D eigenvalue weighted by Crippen LogP contribution is -2.51. The zero-order valence-corrected chi connectivity index (χ0v) is 33.8. The van der Waals surface area contributed by atoms with Crippen LogP contribution in [0, 0.1) is 35.5 Å². The maximum absolute atomic E-state index is 13.5. The van der Waals surface area contributed by atoms with Gasteiger partial charge >= 0.3 is 12.2 Å². The number of ether oxygens (including phenoxy) is 2. The average molecular weight is 793 g/mol. The largest absolute Gasteiger partial charge is 0.453 e. The number of hydrogen-bond acceptors (Lipinski definition) is 9. The first-order valence-corrected chi connectivity index (χ1v) is 19.9. The molecule has 4 N–H and O–H groups in total. The molecule has 2 aliphatic rings. The summed E-state index contributed by atoms with van der Waals surface area (Å²) in [7, 11) is 2.57. The molecular formula is C42H48N8O6S. The number of methoxy groups -OCH3 is 2. The SMILES string of the molecule is COC(=O)NC(C(=O)N1CCCC1c1ncc(-c2ccc(C#CC#Cc3ccc(-c4cnc(C5CCCN5C(=O)C(NC(=O)OC)C(C)C)[nH]4)s3)cc2)[nH]1)C(C)C. The second kappa shape index (κ2) is 18.3. The third kappa shape index (κ3) is 9.50. The fourth-order valence-electron chi connectivity index (χ4n) is 7.15. The van der Waals surface area contributed by atoms with Crippen LogP contribution < -0.4 is 10.6 Å². The van der Waals surface area contributed by atoms with Crippen molar-refractivity contribution in [1.82, 2.24) is 40.4 Å². The van der Waals surface area contributed by atoms with E-state index in [9.17, 15) is 19.2 Å². The molecule has 2 fully saturated rings. The Bertz CT molecular complexity index is 2200. The number of aromatic nitrogens is 4. The molecule has 0 radical (unpaired) electrons. The van der Waals surface area contributed by atoms with E-state index in [-0.39, 0.29) is 35.7 Å². The Hall–Kier alpha value is -6.06. The van der Waals surface area contributed by atoms with E-state index in [1.54, 1.807) is 22.2 Å². The maximum Gasteiger partial charge on any atom is 0.407 e. The van der Waals surface area contributed by atoms with Gasteiger partial charge in [-0.05, 0) is 85.1 Å². The number of H-pyrrole nitrogens is 2. The van der Waals surface area contributed by atoms with Gasteiger partial charge in [-0.1, -0.05) is 45.7 Å². The zero-order valence-electron chi connectivity index (χ0n) is 33.0. The number of thiophene rings is 1. The van der Waals surface area contributed by atoms with Gasteiger partial charge in [-0.15, -0.1) is 11.3 Å². The van der Waals surface area contributed by atoms with E-state index in [4.69, 9.17) is 9.47 Å². The van der Waals surface area contributed by atoms with Gasteiger partial charge in [0.15, 0.2) is 0 Å². The Kier molecular flexibility index (Phi) is 13.0. The van der Waals surface area contributed by atoms with Crippen molar-refractivity contribution in [3.05, 3.63) is 70.9 Å². The molecule has 4 atom stereocenters. The second-order valence-corrected chi connectivity index (χ2v) is 15.8. The van der Waals surface area contributed by atoms with E-state index in [2.05, 4.69) is 54.3 Å². The normalized spacial score (nSPS) is 17.3. The molecule has 5 heterocycles. The van der Waals surface area contributed by atoms with E-state index >= 15 is 0 Å². The maximum atomic E-state index is 13.5. The van der Waals surface area contributed by atoms with Crippen molar-refractivity contribution in [2.45, 2.75) is 77.5 Å². The number of amides is 4. The molecule has 298 valence electrons. The Morgan fingerprint density at radius 2 is 1.25 bits per heavy atom. The molecule has 3 aromatic heterocycles. The van der Waals surface area contributed by atoms with Gasteiger partial charge in [-0.2, -0.15) is 0 Å². The van der Waals surface area contributed by atoms with Gasteiger partial charge in [0.2, 0.25) is 11.8 Å². The Morgan fingerprint density at radius 1 is 0.737 bits per heavy atom. The molecule has 4 aromatic rings. The van der Waals surface area contributed by atoms with E-state index in [0.717, 1.165) is 58.0 Å². The highest BCUT2D eigenvalue weighted by Gasteiger charge is 2.39. The Morgan fingerprint density at radius 3 is 1.77 bits per heavy atom. The van der Waals surface area contributed by atoms with Gasteiger partial charge in [0, 0.05) is 18.7 Å². The highest BCUT2D eigenvalue weighted by Crippen LogP contribution is 2.35. The van der Waals surface area contributed by atoms with Crippen LogP contribution in [0.15, 0.2) is 48.8 Å². The van der Waals surface area contributed by atoms with Crippen LogP contribution >= 0.6 is 11.3 Å². The summed E-state index contributed by atoms with van der Waals surface area (Å²) in [5.74, 6) is 13.0. The molecular weight excluding hydrogens is 745 g/mol. The van der Waals surface area contributed by atoms with Crippen LogP contribution in [-0.2, 0) is 19.1 Å². The number of hydrogen-bond donors (Lipinski definition) is 4. The standard InChI is InChI=1S/C42H48N8O6S/c1-25(2)35(47-41(53)55-5)39(51)49-21-9-13-32(49)37-43-23-30(45-37)28-17-15-27(16-18-28)11-7-8-12-29-19-20-34(57-29)31-24-44-38(46-31)33-14-10-22-50(33)40(52)36(26(3)4)48-42(54)56-6/h15-20,23-26,32-33,35-36H,9-10,13-14,21-22H2,1-6H3,(H,43,45)(H,44,46)(H,47,53)(H,48,54). The summed E-state index contributed by atoms with van der Waals surface area (Å²) in [5, 5.41) is 5.36.